The first kappa shape index (κ1) is 44.9. The smallest absolute Gasteiger partial charge is 0.423 e. The van der Waals surface area contributed by atoms with Crippen LogP contribution in [0.25, 0.3) is 22.2 Å². The number of pyridine rings is 2. The monoisotopic (exact) mass is 931 g/mol. The number of aromatic nitrogens is 4. The fourth-order valence-electron chi connectivity index (χ4n) is 6.08. The summed E-state index contributed by atoms with van der Waals surface area (Å²) in [6.07, 6.45) is 6.95. The molecule has 0 bridgehead atoms. The third-order valence-electron chi connectivity index (χ3n) is 9.62. The Morgan fingerprint density at radius 1 is 0.629 bits per heavy atom. The van der Waals surface area contributed by atoms with E-state index < -0.39 is 13.0 Å². The van der Waals surface area contributed by atoms with Crippen molar-refractivity contribution in [3.63, 3.8) is 0 Å². The van der Waals surface area contributed by atoms with Gasteiger partial charge >= 0.3 is 7.12 Å². The van der Waals surface area contributed by atoms with E-state index in [0.29, 0.717) is 37.8 Å². The molecule has 0 aliphatic heterocycles. The minimum atomic E-state index is -1.47. The highest BCUT2D eigenvalue weighted by Gasteiger charge is 2.18. The van der Waals surface area contributed by atoms with Crippen molar-refractivity contribution in [2.75, 3.05) is 23.9 Å². The Balaban J connectivity index is 0.000000169. The second kappa shape index (κ2) is 19.8. The number of nitrogens with zero attached hydrogens (tertiary/aromatic N) is 6. The molecular weight excluding hydrogens is 896 g/mol. The van der Waals surface area contributed by atoms with Crippen molar-refractivity contribution in [2.24, 2.45) is 5.73 Å². The van der Waals surface area contributed by atoms with Crippen LogP contribution in [-0.2, 0) is 0 Å². The standard InChI is InChI=1S/C22H17ClN4O2.C15H11BrClN3O.C8H9BO3/c1-26(18-8-6-17(23)7-9-18)22(29)16-10-11-27-20(12-16)19(13-25-27)14-2-4-15(5-3-14)21(24)28;1-19(12-4-2-11(17)3-5-12)15(21)10-6-7-20-14(8-10)13(16)9-18-20;1-6(10)7-2-4-8(5-3-7)9(11)12/h2-13H,1H3,(H2,24,28);2-9H,1H3;2-5,11-12H,1H3. The molecule has 8 rings (SSSR count). The van der Waals surface area contributed by atoms with Crippen LogP contribution in [-0.4, -0.2) is 74.0 Å². The lowest BCUT2D eigenvalue weighted by Gasteiger charge is -2.17. The summed E-state index contributed by atoms with van der Waals surface area (Å²) < 4.78 is 4.27. The minimum absolute atomic E-state index is 0.0334. The first-order valence-electron chi connectivity index (χ1n) is 18.7. The molecule has 4 heterocycles. The van der Waals surface area contributed by atoms with Crippen molar-refractivity contribution >= 4 is 97.6 Å². The Labute approximate surface area is 374 Å². The number of rotatable bonds is 8. The van der Waals surface area contributed by atoms with Gasteiger partial charge in [0.25, 0.3) is 11.8 Å². The number of primary amides is 1. The molecule has 0 saturated heterocycles. The molecule has 0 fully saturated rings. The van der Waals surface area contributed by atoms with Crippen molar-refractivity contribution in [3.8, 4) is 11.1 Å². The van der Waals surface area contributed by atoms with E-state index in [-0.39, 0.29) is 17.6 Å². The Hall–Kier alpha value is -6.62. The highest BCUT2D eigenvalue weighted by molar-refractivity contribution is 9.10. The van der Waals surface area contributed by atoms with Crippen molar-refractivity contribution in [1.82, 2.24) is 19.2 Å². The van der Waals surface area contributed by atoms with Crippen LogP contribution >= 0.6 is 39.1 Å². The molecule has 13 nitrogen and oxygen atoms in total. The van der Waals surface area contributed by atoms with Gasteiger partial charge in [0.05, 0.1) is 27.9 Å². The molecule has 4 N–H and O–H groups in total. The number of halogens is 3. The number of carbonyl (C=O) groups excluding carboxylic acids is 4. The van der Waals surface area contributed by atoms with Gasteiger partial charge in [0, 0.05) is 75.7 Å². The molecule has 3 amide bonds. The molecule has 0 saturated carbocycles. The molecule has 8 aromatic rings. The summed E-state index contributed by atoms with van der Waals surface area (Å²) in [6.45, 7) is 1.46. The Morgan fingerprint density at radius 3 is 1.55 bits per heavy atom. The van der Waals surface area contributed by atoms with Crippen molar-refractivity contribution < 1.29 is 29.2 Å². The van der Waals surface area contributed by atoms with E-state index in [0.717, 1.165) is 38.0 Å². The highest BCUT2D eigenvalue weighted by Crippen LogP contribution is 2.27. The lowest BCUT2D eigenvalue weighted by Crippen LogP contribution is -2.29. The van der Waals surface area contributed by atoms with Gasteiger partial charge < -0.3 is 25.6 Å². The quantitative estimate of drug-likeness (QED) is 0.103. The second-order valence-corrected chi connectivity index (χ2v) is 15.4. The van der Waals surface area contributed by atoms with E-state index in [2.05, 4.69) is 26.1 Å². The zero-order valence-corrected chi connectivity index (χ0v) is 36.5. The minimum Gasteiger partial charge on any atom is -0.423 e. The Morgan fingerprint density at radius 2 is 1.08 bits per heavy atom. The maximum Gasteiger partial charge on any atom is 0.488 e. The number of anilines is 2. The highest BCUT2D eigenvalue weighted by atomic mass is 79.9. The molecule has 17 heteroatoms. The first-order valence-corrected chi connectivity index (χ1v) is 20.2. The molecule has 4 aromatic heterocycles. The molecule has 0 spiro atoms. The van der Waals surface area contributed by atoms with Gasteiger partial charge in [-0.3, -0.25) is 19.2 Å². The van der Waals surface area contributed by atoms with E-state index in [4.69, 9.17) is 39.0 Å². The second-order valence-electron chi connectivity index (χ2n) is 13.7. The van der Waals surface area contributed by atoms with Crippen LogP contribution in [0.3, 0.4) is 0 Å². The van der Waals surface area contributed by atoms with Gasteiger partial charge in [-0.25, -0.2) is 9.03 Å². The summed E-state index contributed by atoms with van der Waals surface area (Å²) in [6, 6.07) is 34.5. The van der Waals surface area contributed by atoms with Crippen LogP contribution in [0.2, 0.25) is 10.0 Å². The van der Waals surface area contributed by atoms with Gasteiger partial charge in [-0.2, -0.15) is 10.2 Å². The number of fused-ring (bicyclic) bond motifs is 2. The van der Waals surface area contributed by atoms with E-state index in [1.54, 1.807) is 137 Å². The number of benzene rings is 4. The third-order valence-corrected chi connectivity index (χ3v) is 10.7. The lowest BCUT2D eigenvalue weighted by atomic mass is 9.80. The van der Waals surface area contributed by atoms with Crippen molar-refractivity contribution in [3.05, 3.63) is 183 Å². The van der Waals surface area contributed by atoms with Crippen LogP contribution in [0.15, 0.2) is 151 Å². The summed E-state index contributed by atoms with van der Waals surface area (Å²) in [5, 5.41) is 27.2. The number of Topliss-reactive ketones (excluding diaryl/α,β-unsaturated/α-hetero) is 1. The molecule has 0 aliphatic rings. The summed E-state index contributed by atoms with van der Waals surface area (Å²) in [7, 11) is 1.99. The van der Waals surface area contributed by atoms with Gasteiger partial charge in [0.1, 0.15) is 0 Å². The maximum atomic E-state index is 13.0. The summed E-state index contributed by atoms with van der Waals surface area (Å²) >= 11 is 15.2. The average molecular weight is 933 g/mol. The topological polar surface area (TPSA) is 176 Å². The fraction of sp³-hybridized carbons (Fsp3) is 0.0667. The molecule has 0 atom stereocenters. The lowest BCUT2D eigenvalue weighted by molar-refractivity contribution is 0.0985. The van der Waals surface area contributed by atoms with Gasteiger partial charge in [-0.05, 0) is 119 Å². The van der Waals surface area contributed by atoms with Crippen LogP contribution in [0.5, 0.6) is 0 Å². The fourth-order valence-corrected chi connectivity index (χ4v) is 6.71. The third kappa shape index (κ3) is 10.6. The number of hydrogen-bond acceptors (Lipinski definition) is 8. The Kier molecular flexibility index (Phi) is 14.4. The zero-order chi connectivity index (χ0) is 44.7. The Bertz CT molecular complexity index is 2890. The number of nitrogens with two attached hydrogens (primary N) is 1. The summed E-state index contributed by atoms with van der Waals surface area (Å²) in [5.41, 5.74) is 12.7. The molecular formula is C45H37BBrCl2N7O6. The van der Waals surface area contributed by atoms with E-state index in [9.17, 15) is 19.2 Å². The summed E-state index contributed by atoms with van der Waals surface area (Å²) in [5.74, 6) is -0.748. The number of carbonyl (C=O) groups is 4. The molecule has 4 aromatic carbocycles. The SMILES string of the molecule is CC(=O)c1ccc(B(O)O)cc1.CN(C(=O)c1ccn2ncc(-c3ccc(C(N)=O)cc3)c2c1)c1ccc(Cl)cc1.CN(C(=O)c1ccn2ncc(Br)c2c1)c1ccc(Cl)cc1. The summed E-state index contributed by atoms with van der Waals surface area (Å²) in [4.78, 5) is 50.8. The van der Waals surface area contributed by atoms with Crippen LogP contribution in [0.4, 0.5) is 11.4 Å². The number of amides is 3. The van der Waals surface area contributed by atoms with Crippen molar-refractivity contribution in [1.29, 1.82) is 0 Å². The van der Waals surface area contributed by atoms with E-state index >= 15 is 0 Å². The molecule has 62 heavy (non-hydrogen) atoms. The van der Waals surface area contributed by atoms with Gasteiger partial charge in [-0.1, -0.05) is 59.6 Å². The average Bonchev–Trinajstić information content (AvgIpc) is 3.88. The normalized spacial score (nSPS) is 10.6. The zero-order valence-electron chi connectivity index (χ0n) is 33.4. The van der Waals surface area contributed by atoms with Gasteiger partial charge in [0.15, 0.2) is 5.78 Å². The van der Waals surface area contributed by atoms with E-state index in [1.807, 2.05) is 30.3 Å². The predicted molar refractivity (Wildman–Crippen MR) is 247 cm³/mol. The van der Waals surface area contributed by atoms with Crippen molar-refractivity contribution in [2.45, 2.75) is 6.92 Å². The van der Waals surface area contributed by atoms with Crippen LogP contribution < -0.4 is 21.0 Å². The molecule has 0 radical (unpaired) electrons. The van der Waals surface area contributed by atoms with Crippen LogP contribution in [0, 0.1) is 0 Å². The van der Waals surface area contributed by atoms with E-state index in [1.165, 1.54) is 19.1 Å². The first-order chi connectivity index (χ1) is 29.6. The number of hydrogen-bond donors (Lipinski definition) is 3. The van der Waals surface area contributed by atoms with Crippen LogP contribution in [0.1, 0.15) is 48.4 Å². The molecule has 312 valence electrons. The number of ketones is 1. The van der Waals surface area contributed by atoms with Gasteiger partial charge in [0.2, 0.25) is 5.91 Å². The maximum absolute atomic E-state index is 13.0. The largest absolute Gasteiger partial charge is 0.488 e. The predicted octanol–water partition coefficient (Wildman–Crippen LogP) is 7.63. The molecule has 0 unspecified atom stereocenters. The molecule has 0 aliphatic carbocycles. The van der Waals surface area contributed by atoms with Gasteiger partial charge in [-0.15, -0.1) is 0 Å².